The van der Waals surface area contributed by atoms with Crippen LogP contribution in [-0.4, -0.2) is 35.0 Å². The molecule has 1 aromatic carbocycles. The van der Waals surface area contributed by atoms with Crippen molar-refractivity contribution in [2.24, 2.45) is 5.92 Å². The molecule has 0 bridgehead atoms. The Morgan fingerprint density at radius 2 is 2.00 bits per heavy atom. The number of hydrogen-bond acceptors (Lipinski definition) is 3. The quantitative estimate of drug-likeness (QED) is 0.871. The molecule has 1 aliphatic rings. The average Bonchev–Trinajstić information content (AvgIpc) is 2.46. The Kier molecular flexibility index (Phi) is 3.81. The predicted molar refractivity (Wildman–Crippen MR) is 67.4 cm³/mol. The molecule has 1 N–H and O–H groups in total. The molecule has 1 saturated heterocycles. The Morgan fingerprint density at radius 3 is 2.58 bits per heavy atom. The van der Waals surface area contributed by atoms with Crippen LogP contribution in [0.4, 0.5) is 0 Å². The third-order valence-corrected chi connectivity index (χ3v) is 3.32. The third-order valence-electron chi connectivity index (χ3n) is 3.32. The molecule has 5 heteroatoms. The first-order valence-corrected chi connectivity index (χ1v) is 6.14. The molecule has 1 amide bonds. The van der Waals surface area contributed by atoms with Crippen molar-refractivity contribution in [1.29, 1.82) is 5.26 Å². The van der Waals surface area contributed by atoms with Gasteiger partial charge in [0, 0.05) is 18.7 Å². The molecule has 0 radical (unpaired) electrons. The maximum Gasteiger partial charge on any atom is 0.308 e. The highest BCUT2D eigenvalue weighted by Crippen LogP contribution is 2.19. The summed E-state index contributed by atoms with van der Waals surface area (Å²) in [6.45, 7) is 0.844. The zero-order chi connectivity index (χ0) is 13.8. The Labute approximate surface area is 111 Å². The summed E-state index contributed by atoms with van der Waals surface area (Å²) in [6, 6.07) is 8.38. The van der Waals surface area contributed by atoms with Crippen molar-refractivity contribution >= 4 is 11.9 Å². The lowest BCUT2D eigenvalue weighted by atomic mass is 9.97. The number of amides is 1. The molecule has 0 aromatic heterocycles. The molecule has 1 atom stereocenters. The minimum absolute atomic E-state index is 0.171. The van der Waals surface area contributed by atoms with Gasteiger partial charge in [-0.15, -0.1) is 0 Å². The molecule has 2 rings (SSSR count). The first-order valence-electron chi connectivity index (χ1n) is 6.14. The smallest absolute Gasteiger partial charge is 0.308 e. The summed E-state index contributed by atoms with van der Waals surface area (Å²) in [7, 11) is 0. The zero-order valence-electron chi connectivity index (χ0n) is 10.4. The van der Waals surface area contributed by atoms with E-state index in [9.17, 15) is 9.59 Å². The van der Waals surface area contributed by atoms with Gasteiger partial charge in [0.05, 0.1) is 17.6 Å². The van der Waals surface area contributed by atoms with Gasteiger partial charge in [-0.2, -0.15) is 5.26 Å². The maximum atomic E-state index is 12.2. The fraction of sp³-hybridized carbons (Fsp3) is 0.357. The van der Waals surface area contributed by atoms with E-state index in [4.69, 9.17) is 10.4 Å². The Bertz CT molecular complexity index is 531. The largest absolute Gasteiger partial charge is 0.481 e. The topological polar surface area (TPSA) is 81.4 Å². The summed E-state index contributed by atoms with van der Waals surface area (Å²) in [5.74, 6) is -1.50. The fourth-order valence-electron chi connectivity index (χ4n) is 2.23. The second-order valence-electron chi connectivity index (χ2n) is 4.62. The van der Waals surface area contributed by atoms with Crippen molar-refractivity contribution in [3.8, 4) is 6.07 Å². The van der Waals surface area contributed by atoms with Gasteiger partial charge in [-0.25, -0.2) is 0 Å². The van der Waals surface area contributed by atoms with Crippen LogP contribution in [0.15, 0.2) is 24.3 Å². The minimum Gasteiger partial charge on any atom is -0.481 e. The lowest BCUT2D eigenvalue weighted by Gasteiger charge is -2.30. The van der Waals surface area contributed by atoms with Gasteiger partial charge in [-0.1, -0.05) is 0 Å². The number of nitrogens with zero attached hydrogens (tertiary/aromatic N) is 2. The zero-order valence-corrected chi connectivity index (χ0v) is 10.4. The fourth-order valence-corrected chi connectivity index (χ4v) is 2.23. The van der Waals surface area contributed by atoms with Crippen LogP contribution in [-0.2, 0) is 4.79 Å². The van der Waals surface area contributed by atoms with Crippen molar-refractivity contribution in [2.45, 2.75) is 12.8 Å². The lowest BCUT2D eigenvalue weighted by Crippen LogP contribution is -2.42. The molecular formula is C14H14N2O3. The molecule has 0 unspecified atom stereocenters. The van der Waals surface area contributed by atoms with E-state index in [1.807, 2.05) is 6.07 Å². The third kappa shape index (κ3) is 2.91. The molecule has 98 valence electrons. The van der Waals surface area contributed by atoms with Crippen molar-refractivity contribution in [1.82, 2.24) is 4.90 Å². The number of rotatable bonds is 2. The molecular weight excluding hydrogens is 244 g/mol. The number of piperidine rings is 1. The van der Waals surface area contributed by atoms with Gasteiger partial charge in [-0.3, -0.25) is 9.59 Å². The molecule has 1 aliphatic heterocycles. The summed E-state index contributed by atoms with van der Waals surface area (Å²) >= 11 is 0. The molecule has 1 fully saturated rings. The number of benzene rings is 1. The van der Waals surface area contributed by atoms with Gasteiger partial charge >= 0.3 is 5.97 Å². The Hall–Kier alpha value is -2.35. The second-order valence-corrected chi connectivity index (χ2v) is 4.62. The lowest BCUT2D eigenvalue weighted by molar-refractivity contribution is -0.143. The van der Waals surface area contributed by atoms with Crippen molar-refractivity contribution in [3.05, 3.63) is 35.4 Å². The Morgan fingerprint density at radius 1 is 1.32 bits per heavy atom. The second kappa shape index (κ2) is 5.53. The SMILES string of the molecule is N#Cc1ccc(C(=O)N2CCC[C@@H](C(=O)O)C2)cc1. The van der Waals surface area contributed by atoms with Crippen LogP contribution in [0.1, 0.15) is 28.8 Å². The number of carboxylic acids is 1. The van der Waals surface area contributed by atoms with Gasteiger partial charge < -0.3 is 10.0 Å². The summed E-state index contributed by atoms with van der Waals surface area (Å²) in [4.78, 5) is 24.8. The molecule has 1 aromatic rings. The van der Waals surface area contributed by atoms with E-state index in [-0.39, 0.29) is 12.5 Å². The molecule has 0 aliphatic carbocycles. The molecule has 19 heavy (non-hydrogen) atoms. The van der Waals surface area contributed by atoms with Gasteiger partial charge in [-0.05, 0) is 37.1 Å². The van der Waals surface area contributed by atoms with E-state index < -0.39 is 11.9 Å². The van der Waals surface area contributed by atoms with Crippen LogP contribution < -0.4 is 0 Å². The van der Waals surface area contributed by atoms with Crippen molar-refractivity contribution in [2.75, 3.05) is 13.1 Å². The van der Waals surface area contributed by atoms with E-state index in [0.29, 0.717) is 30.5 Å². The van der Waals surface area contributed by atoms with Gasteiger partial charge in [0.1, 0.15) is 0 Å². The van der Waals surface area contributed by atoms with E-state index >= 15 is 0 Å². The van der Waals surface area contributed by atoms with E-state index in [0.717, 1.165) is 0 Å². The number of aliphatic carboxylic acids is 1. The number of hydrogen-bond donors (Lipinski definition) is 1. The van der Waals surface area contributed by atoms with Crippen LogP contribution in [0.5, 0.6) is 0 Å². The number of likely N-dealkylation sites (tertiary alicyclic amines) is 1. The molecule has 5 nitrogen and oxygen atoms in total. The predicted octanol–water partition coefficient (Wildman–Crippen LogP) is 1.50. The summed E-state index contributed by atoms with van der Waals surface area (Å²) in [5, 5.41) is 17.7. The number of carbonyl (C=O) groups is 2. The first-order chi connectivity index (χ1) is 9.11. The summed E-state index contributed by atoms with van der Waals surface area (Å²) in [5.41, 5.74) is 0.989. The standard InChI is InChI=1S/C14H14N2O3/c15-8-10-3-5-11(6-4-10)13(17)16-7-1-2-12(9-16)14(18)19/h3-6,12H,1-2,7,9H2,(H,18,19)/t12-/m1/s1. The van der Waals surface area contributed by atoms with E-state index in [2.05, 4.69) is 0 Å². The van der Waals surface area contributed by atoms with Crippen LogP contribution >= 0.6 is 0 Å². The van der Waals surface area contributed by atoms with E-state index in [1.165, 1.54) is 0 Å². The summed E-state index contributed by atoms with van der Waals surface area (Å²) in [6.07, 6.45) is 1.32. The number of carbonyl (C=O) groups excluding carboxylic acids is 1. The monoisotopic (exact) mass is 258 g/mol. The maximum absolute atomic E-state index is 12.2. The van der Waals surface area contributed by atoms with E-state index in [1.54, 1.807) is 29.2 Å². The number of nitriles is 1. The van der Waals surface area contributed by atoms with Gasteiger partial charge in [0.15, 0.2) is 0 Å². The van der Waals surface area contributed by atoms with Crippen LogP contribution in [0.2, 0.25) is 0 Å². The molecule has 1 heterocycles. The highest BCUT2D eigenvalue weighted by Gasteiger charge is 2.28. The van der Waals surface area contributed by atoms with Crippen molar-refractivity contribution in [3.63, 3.8) is 0 Å². The van der Waals surface area contributed by atoms with Crippen LogP contribution in [0.25, 0.3) is 0 Å². The first kappa shape index (κ1) is 13.1. The van der Waals surface area contributed by atoms with Gasteiger partial charge in [0.25, 0.3) is 5.91 Å². The molecule has 0 saturated carbocycles. The Balaban J connectivity index is 2.10. The number of carboxylic acid groups (broad SMARTS) is 1. The van der Waals surface area contributed by atoms with Crippen molar-refractivity contribution < 1.29 is 14.7 Å². The van der Waals surface area contributed by atoms with Gasteiger partial charge in [0.2, 0.25) is 0 Å². The highest BCUT2D eigenvalue weighted by atomic mass is 16.4. The van der Waals surface area contributed by atoms with Crippen LogP contribution in [0, 0.1) is 17.2 Å². The average molecular weight is 258 g/mol. The van der Waals surface area contributed by atoms with Crippen LogP contribution in [0.3, 0.4) is 0 Å². The highest BCUT2D eigenvalue weighted by molar-refractivity contribution is 5.94. The molecule has 0 spiro atoms. The normalized spacial score (nSPS) is 18.7. The summed E-state index contributed by atoms with van der Waals surface area (Å²) < 4.78 is 0. The minimum atomic E-state index is -0.850.